The van der Waals surface area contributed by atoms with Crippen LogP contribution in [0.2, 0.25) is 5.02 Å². The highest BCUT2D eigenvalue weighted by Gasteiger charge is 2.35. The van der Waals surface area contributed by atoms with E-state index in [9.17, 15) is 9.59 Å². The normalized spacial score (nSPS) is 14.9. The van der Waals surface area contributed by atoms with Crippen molar-refractivity contribution in [2.75, 3.05) is 0 Å². The van der Waals surface area contributed by atoms with Crippen molar-refractivity contribution in [2.24, 2.45) is 0 Å². The van der Waals surface area contributed by atoms with Crippen molar-refractivity contribution in [3.05, 3.63) is 102 Å². The molecule has 4 nitrogen and oxygen atoms in total. The van der Waals surface area contributed by atoms with Crippen LogP contribution in [-0.2, 0) is 17.9 Å². The molecule has 0 spiro atoms. The fraction of sp³-hybridized carbons (Fsp3) is 0.120. The Bertz CT molecular complexity index is 1260. The van der Waals surface area contributed by atoms with Gasteiger partial charge in [-0.2, -0.15) is 0 Å². The van der Waals surface area contributed by atoms with E-state index in [0.717, 1.165) is 34.0 Å². The molecule has 4 rings (SSSR count). The molecule has 0 aliphatic carbocycles. The Morgan fingerprint density at radius 3 is 2.30 bits per heavy atom. The van der Waals surface area contributed by atoms with E-state index < -0.39 is 0 Å². The van der Waals surface area contributed by atoms with Gasteiger partial charge in [0, 0.05) is 10.6 Å². The first-order valence-corrected chi connectivity index (χ1v) is 12.8. The average Bonchev–Trinajstić information content (AvgIpc) is 3.03. The third kappa shape index (κ3) is 5.54. The molecule has 168 valence electrons. The molecule has 0 saturated carbocycles. The lowest BCUT2D eigenvalue weighted by Gasteiger charge is -2.14. The minimum atomic E-state index is -0.292. The SMILES string of the molecule is Cc1ccccc1CN1C(=O)S/C(=C\c2cc(Br)c(OCc3ccccc3Cl)c(Br)c2)C1=O. The molecule has 8 heteroatoms. The summed E-state index contributed by atoms with van der Waals surface area (Å²) in [4.78, 5) is 27.1. The summed E-state index contributed by atoms with van der Waals surface area (Å²) in [5, 5.41) is 0.370. The molecular weight excluding hydrogens is 590 g/mol. The third-order valence-corrected chi connectivity index (χ3v) is 7.57. The number of hydrogen-bond donors (Lipinski definition) is 0. The number of aryl methyl sites for hydroxylation is 1. The zero-order valence-corrected chi connectivity index (χ0v) is 22.2. The number of nitrogens with zero attached hydrogens (tertiary/aromatic N) is 1. The number of ether oxygens (including phenoxy) is 1. The molecule has 3 aromatic rings. The highest BCUT2D eigenvalue weighted by molar-refractivity contribution is 9.11. The summed E-state index contributed by atoms with van der Waals surface area (Å²) in [7, 11) is 0. The van der Waals surface area contributed by atoms with Crippen LogP contribution >= 0.6 is 55.2 Å². The molecule has 1 aliphatic heterocycles. The van der Waals surface area contributed by atoms with Gasteiger partial charge >= 0.3 is 0 Å². The second kappa shape index (κ2) is 10.5. The summed E-state index contributed by atoms with van der Waals surface area (Å²) in [5.41, 5.74) is 3.64. The number of carbonyl (C=O) groups is 2. The van der Waals surface area contributed by atoms with Crippen LogP contribution in [0.3, 0.4) is 0 Å². The first kappa shape index (κ1) is 24.1. The van der Waals surface area contributed by atoms with E-state index in [-0.39, 0.29) is 17.7 Å². The lowest BCUT2D eigenvalue weighted by atomic mass is 10.1. The molecule has 1 fully saturated rings. The second-order valence-corrected chi connectivity index (χ2v) is 10.5. The fourth-order valence-electron chi connectivity index (χ4n) is 3.31. The fourth-order valence-corrected chi connectivity index (χ4v) is 5.79. The quantitative estimate of drug-likeness (QED) is 0.267. The lowest BCUT2D eigenvalue weighted by Crippen LogP contribution is -2.27. The smallest absolute Gasteiger partial charge is 0.293 e. The van der Waals surface area contributed by atoms with Gasteiger partial charge in [0.05, 0.1) is 20.4 Å². The van der Waals surface area contributed by atoms with Crippen LogP contribution in [0.4, 0.5) is 4.79 Å². The van der Waals surface area contributed by atoms with Gasteiger partial charge in [-0.25, -0.2) is 0 Å². The first-order chi connectivity index (χ1) is 15.8. The summed E-state index contributed by atoms with van der Waals surface area (Å²) in [6, 6.07) is 18.9. The first-order valence-electron chi connectivity index (χ1n) is 9.98. The molecule has 0 bridgehead atoms. The summed E-state index contributed by atoms with van der Waals surface area (Å²) < 4.78 is 7.39. The van der Waals surface area contributed by atoms with Crippen molar-refractivity contribution in [1.29, 1.82) is 0 Å². The van der Waals surface area contributed by atoms with Gasteiger partial charge in [0.1, 0.15) is 12.4 Å². The van der Waals surface area contributed by atoms with Crippen molar-refractivity contribution in [3.8, 4) is 5.75 Å². The van der Waals surface area contributed by atoms with Gasteiger partial charge in [-0.1, -0.05) is 54.1 Å². The largest absolute Gasteiger partial charge is 0.486 e. The Hall–Kier alpha value is -2.06. The van der Waals surface area contributed by atoms with E-state index in [2.05, 4.69) is 31.9 Å². The number of rotatable bonds is 6. The van der Waals surface area contributed by atoms with Gasteiger partial charge in [0.25, 0.3) is 11.1 Å². The Balaban J connectivity index is 1.52. The van der Waals surface area contributed by atoms with Gasteiger partial charge in [0.2, 0.25) is 0 Å². The predicted molar refractivity (Wildman–Crippen MR) is 140 cm³/mol. The summed E-state index contributed by atoms with van der Waals surface area (Å²) in [6.07, 6.45) is 1.72. The molecule has 0 aromatic heterocycles. The standard InChI is InChI=1S/C25H18Br2ClNO3S/c1-15-6-2-3-7-17(15)13-29-24(30)22(33-25(29)31)12-16-10-19(26)23(20(27)11-16)32-14-18-8-4-5-9-21(18)28/h2-12H,13-14H2,1H3/b22-12-. The van der Waals surface area contributed by atoms with Crippen molar-refractivity contribution < 1.29 is 14.3 Å². The lowest BCUT2D eigenvalue weighted by molar-refractivity contribution is -0.123. The topological polar surface area (TPSA) is 46.6 Å². The minimum absolute atomic E-state index is 0.261. The molecule has 1 heterocycles. The number of carbonyl (C=O) groups excluding carboxylic acids is 2. The number of imide groups is 1. The monoisotopic (exact) mass is 605 g/mol. The van der Waals surface area contributed by atoms with E-state index in [1.165, 1.54) is 4.90 Å². The average molecular weight is 608 g/mol. The Morgan fingerprint density at radius 1 is 1.00 bits per heavy atom. The summed E-state index contributed by atoms with van der Waals surface area (Å²) >= 11 is 14.2. The van der Waals surface area contributed by atoms with Crippen LogP contribution in [0.1, 0.15) is 22.3 Å². The Morgan fingerprint density at radius 2 is 1.64 bits per heavy atom. The van der Waals surface area contributed by atoms with Crippen LogP contribution in [0.5, 0.6) is 5.75 Å². The van der Waals surface area contributed by atoms with Gasteiger partial charge in [-0.15, -0.1) is 0 Å². The maximum atomic E-state index is 12.9. The Labute approximate surface area is 218 Å². The van der Waals surface area contributed by atoms with Gasteiger partial charge < -0.3 is 4.74 Å². The molecular formula is C25H18Br2ClNO3S. The maximum Gasteiger partial charge on any atom is 0.293 e. The van der Waals surface area contributed by atoms with Crippen LogP contribution < -0.4 is 4.74 Å². The number of thioether (sulfide) groups is 1. The van der Waals surface area contributed by atoms with Crippen molar-refractivity contribution in [1.82, 2.24) is 4.90 Å². The van der Waals surface area contributed by atoms with Crippen LogP contribution in [-0.4, -0.2) is 16.0 Å². The zero-order chi connectivity index (χ0) is 23.5. The molecule has 2 amide bonds. The van der Waals surface area contributed by atoms with E-state index in [4.69, 9.17) is 16.3 Å². The van der Waals surface area contributed by atoms with Crippen molar-refractivity contribution in [2.45, 2.75) is 20.1 Å². The molecule has 0 atom stereocenters. The molecule has 0 unspecified atom stereocenters. The van der Waals surface area contributed by atoms with Crippen molar-refractivity contribution >= 4 is 72.4 Å². The highest BCUT2D eigenvalue weighted by Crippen LogP contribution is 2.38. The van der Waals surface area contributed by atoms with Gasteiger partial charge in [-0.05, 0) is 91.5 Å². The van der Waals surface area contributed by atoms with Crippen molar-refractivity contribution in [3.63, 3.8) is 0 Å². The van der Waals surface area contributed by atoms with E-state index in [0.29, 0.717) is 31.2 Å². The summed E-state index contributed by atoms with van der Waals surface area (Å²) in [6.45, 7) is 2.54. The molecule has 0 radical (unpaired) electrons. The van der Waals surface area contributed by atoms with Gasteiger partial charge in [0.15, 0.2) is 0 Å². The molecule has 0 N–H and O–H groups in total. The number of benzene rings is 3. The number of halogens is 3. The van der Waals surface area contributed by atoms with Crippen LogP contribution in [0.25, 0.3) is 6.08 Å². The van der Waals surface area contributed by atoms with E-state index in [1.807, 2.05) is 67.6 Å². The van der Waals surface area contributed by atoms with Crippen LogP contribution in [0.15, 0.2) is 74.5 Å². The molecule has 33 heavy (non-hydrogen) atoms. The van der Waals surface area contributed by atoms with E-state index in [1.54, 1.807) is 6.08 Å². The zero-order valence-electron chi connectivity index (χ0n) is 17.5. The number of amides is 2. The third-order valence-electron chi connectivity index (χ3n) is 5.11. The highest BCUT2D eigenvalue weighted by atomic mass is 79.9. The predicted octanol–water partition coefficient (Wildman–Crippen LogP) is 7.99. The maximum absolute atomic E-state index is 12.9. The molecule has 1 aliphatic rings. The minimum Gasteiger partial charge on any atom is -0.486 e. The molecule has 3 aromatic carbocycles. The Kier molecular flexibility index (Phi) is 7.64. The van der Waals surface area contributed by atoms with Crippen LogP contribution in [0, 0.1) is 6.92 Å². The number of hydrogen-bond acceptors (Lipinski definition) is 4. The van der Waals surface area contributed by atoms with Gasteiger partial charge in [-0.3, -0.25) is 14.5 Å². The summed E-state index contributed by atoms with van der Waals surface area (Å²) in [5.74, 6) is 0.333. The van der Waals surface area contributed by atoms with E-state index >= 15 is 0 Å². The molecule has 1 saturated heterocycles. The second-order valence-electron chi connectivity index (χ2n) is 7.39.